The molecule has 25 heavy (non-hydrogen) atoms. The molecule has 3 fully saturated rings. The van der Waals surface area contributed by atoms with Crippen LogP contribution in [-0.2, 0) is 4.74 Å². The Morgan fingerprint density at radius 3 is 2.36 bits per heavy atom. The van der Waals surface area contributed by atoms with Gasteiger partial charge >= 0.3 is 0 Å². The summed E-state index contributed by atoms with van der Waals surface area (Å²) in [6.07, 6.45) is 12.2. The van der Waals surface area contributed by atoms with Crippen molar-refractivity contribution in [1.29, 1.82) is 0 Å². The van der Waals surface area contributed by atoms with Crippen LogP contribution in [0.3, 0.4) is 0 Å². The maximum absolute atomic E-state index is 5.85. The normalized spacial score (nSPS) is 32.9. The maximum Gasteiger partial charge on any atom is 0.235 e. The van der Waals surface area contributed by atoms with E-state index in [1.165, 1.54) is 44.1 Å². The fourth-order valence-electron chi connectivity index (χ4n) is 4.99. The van der Waals surface area contributed by atoms with Gasteiger partial charge in [0, 0.05) is 29.9 Å². The van der Waals surface area contributed by atoms with Crippen LogP contribution in [0.25, 0.3) is 0 Å². The van der Waals surface area contributed by atoms with Gasteiger partial charge in [0.1, 0.15) is 0 Å². The molecule has 2 atom stereocenters. The second-order valence-electron chi connectivity index (χ2n) is 8.13. The lowest BCUT2D eigenvalue weighted by Crippen LogP contribution is -2.52. The number of aromatic nitrogens is 2. The lowest BCUT2D eigenvalue weighted by atomic mass is 9.89. The van der Waals surface area contributed by atoms with Crippen LogP contribution < -0.4 is 4.74 Å². The molecule has 1 aliphatic carbocycles. The van der Waals surface area contributed by atoms with Crippen molar-refractivity contribution in [3.8, 4) is 5.88 Å². The van der Waals surface area contributed by atoms with Crippen LogP contribution in [0.5, 0.6) is 5.88 Å². The fraction of sp³-hybridized carbons (Fsp3) is 0.850. The molecule has 0 N–H and O–H groups in total. The van der Waals surface area contributed by atoms with Gasteiger partial charge in [-0.2, -0.15) is 0 Å². The smallest absolute Gasteiger partial charge is 0.235 e. The minimum absolute atomic E-state index is 0.539. The van der Waals surface area contributed by atoms with Gasteiger partial charge in [0.25, 0.3) is 0 Å². The highest BCUT2D eigenvalue weighted by Gasteiger charge is 2.42. The van der Waals surface area contributed by atoms with Gasteiger partial charge in [-0.1, -0.05) is 13.3 Å². The van der Waals surface area contributed by atoms with Gasteiger partial charge in [0.2, 0.25) is 5.88 Å². The monoisotopic (exact) mass is 347 g/mol. The molecule has 3 aliphatic rings. The molecule has 3 heterocycles. The van der Waals surface area contributed by atoms with Gasteiger partial charge in [-0.3, -0.25) is 9.58 Å². The highest BCUT2D eigenvalue weighted by molar-refractivity contribution is 5.21. The van der Waals surface area contributed by atoms with Crippen LogP contribution in [0.4, 0.5) is 0 Å². The quantitative estimate of drug-likeness (QED) is 0.735. The molecule has 1 saturated carbocycles. The van der Waals surface area contributed by atoms with Gasteiger partial charge in [0.15, 0.2) is 0 Å². The first kappa shape index (κ1) is 17.3. The van der Waals surface area contributed by atoms with Crippen molar-refractivity contribution < 1.29 is 9.47 Å². The highest BCUT2D eigenvalue weighted by Crippen LogP contribution is 2.38. The maximum atomic E-state index is 5.85. The summed E-state index contributed by atoms with van der Waals surface area (Å²) < 4.78 is 13.8. The average Bonchev–Trinajstić information content (AvgIpc) is 3.12. The van der Waals surface area contributed by atoms with Crippen molar-refractivity contribution >= 4 is 0 Å². The number of fused-ring (bicyclic) bond motifs is 2. The second kappa shape index (κ2) is 7.67. The Hall–Kier alpha value is -1.07. The van der Waals surface area contributed by atoms with Gasteiger partial charge in [-0.15, -0.1) is 5.10 Å². The molecule has 1 aromatic heterocycles. The zero-order valence-electron chi connectivity index (χ0n) is 15.8. The molecular weight excluding hydrogens is 314 g/mol. The lowest BCUT2D eigenvalue weighted by Gasteiger charge is -2.43. The van der Waals surface area contributed by atoms with Gasteiger partial charge < -0.3 is 9.47 Å². The van der Waals surface area contributed by atoms with E-state index in [0.29, 0.717) is 18.1 Å². The SMILES string of the molecule is CCCCOc1nn([C@H]2CC[C@H](N3[C@@H]4CC[C@H]3COC4)CC2)cc1C. The minimum atomic E-state index is 0.539. The summed E-state index contributed by atoms with van der Waals surface area (Å²) in [6, 6.07) is 2.67. The van der Waals surface area contributed by atoms with Crippen molar-refractivity contribution in [2.75, 3.05) is 19.8 Å². The summed E-state index contributed by atoms with van der Waals surface area (Å²) in [7, 11) is 0. The lowest BCUT2D eigenvalue weighted by molar-refractivity contribution is -0.0458. The van der Waals surface area contributed by atoms with E-state index in [9.17, 15) is 0 Å². The Kier molecular flexibility index (Phi) is 5.32. The zero-order chi connectivity index (χ0) is 17.2. The van der Waals surface area contributed by atoms with Crippen molar-refractivity contribution in [3.05, 3.63) is 11.8 Å². The number of unbranched alkanes of at least 4 members (excludes halogenated alkanes) is 1. The number of morpholine rings is 1. The van der Waals surface area contributed by atoms with E-state index in [1.807, 2.05) is 0 Å². The number of aryl methyl sites for hydroxylation is 1. The predicted octanol–water partition coefficient (Wildman–Crippen LogP) is 3.72. The molecule has 0 unspecified atom stereocenters. The van der Waals surface area contributed by atoms with E-state index in [0.717, 1.165) is 44.6 Å². The van der Waals surface area contributed by atoms with Crippen molar-refractivity contribution in [2.45, 2.75) is 89.4 Å². The van der Waals surface area contributed by atoms with Crippen LogP contribution >= 0.6 is 0 Å². The topological polar surface area (TPSA) is 39.5 Å². The third-order valence-electron chi connectivity index (χ3n) is 6.37. The molecule has 5 nitrogen and oxygen atoms in total. The Morgan fingerprint density at radius 1 is 1.04 bits per heavy atom. The van der Waals surface area contributed by atoms with Crippen LogP contribution in [0.2, 0.25) is 0 Å². The summed E-state index contributed by atoms with van der Waals surface area (Å²) in [5.74, 6) is 0.835. The molecule has 0 aromatic carbocycles. The van der Waals surface area contributed by atoms with Crippen molar-refractivity contribution in [2.24, 2.45) is 0 Å². The Morgan fingerprint density at radius 2 is 1.68 bits per heavy atom. The van der Waals surface area contributed by atoms with Crippen LogP contribution in [0.15, 0.2) is 6.20 Å². The summed E-state index contributed by atoms with van der Waals surface area (Å²) in [5, 5.41) is 4.75. The summed E-state index contributed by atoms with van der Waals surface area (Å²) in [5.41, 5.74) is 1.17. The summed E-state index contributed by atoms with van der Waals surface area (Å²) in [4.78, 5) is 2.81. The third-order valence-corrected chi connectivity index (χ3v) is 6.37. The van der Waals surface area contributed by atoms with Crippen molar-refractivity contribution in [3.63, 3.8) is 0 Å². The predicted molar refractivity (Wildman–Crippen MR) is 98.1 cm³/mol. The molecule has 5 heteroatoms. The average molecular weight is 348 g/mol. The number of hydrogen-bond acceptors (Lipinski definition) is 4. The molecule has 2 saturated heterocycles. The zero-order valence-corrected chi connectivity index (χ0v) is 15.8. The fourth-order valence-corrected chi connectivity index (χ4v) is 4.99. The first-order valence-electron chi connectivity index (χ1n) is 10.3. The van der Waals surface area contributed by atoms with E-state index < -0.39 is 0 Å². The molecular formula is C20H33N3O2. The van der Waals surface area contributed by atoms with E-state index in [4.69, 9.17) is 14.6 Å². The number of rotatable bonds is 6. The van der Waals surface area contributed by atoms with Gasteiger partial charge in [-0.25, -0.2) is 0 Å². The van der Waals surface area contributed by atoms with Crippen LogP contribution in [0, 0.1) is 6.92 Å². The van der Waals surface area contributed by atoms with E-state index in [-0.39, 0.29) is 0 Å². The number of hydrogen-bond donors (Lipinski definition) is 0. The molecule has 0 amide bonds. The second-order valence-corrected chi connectivity index (χ2v) is 8.13. The Labute approximate surface area is 151 Å². The highest BCUT2D eigenvalue weighted by atomic mass is 16.5. The first-order chi connectivity index (χ1) is 12.3. The number of ether oxygens (including phenoxy) is 2. The summed E-state index contributed by atoms with van der Waals surface area (Å²) in [6.45, 7) is 6.98. The van der Waals surface area contributed by atoms with Crippen molar-refractivity contribution in [1.82, 2.24) is 14.7 Å². The van der Waals surface area contributed by atoms with E-state index >= 15 is 0 Å². The Balaban J connectivity index is 1.33. The molecule has 1 aromatic rings. The molecule has 2 bridgehead atoms. The third kappa shape index (κ3) is 3.59. The largest absolute Gasteiger partial charge is 0.476 e. The summed E-state index contributed by atoms with van der Waals surface area (Å²) >= 11 is 0. The molecule has 0 spiro atoms. The van der Waals surface area contributed by atoms with E-state index in [1.54, 1.807) is 0 Å². The molecule has 0 radical (unpaired) electrons. The first-order valence-corrected chi connectivity index (χ1v) is 10.3. The van der Waals surface area contributed by atoms with E-state index in [2.05, 4.69) is 29.6 Å². The Bertz CT molecular complexity index is 549. The minimum Gasteiger partial charge on any atom is -0.476 e. The standard InChI is InChI=1S/C20H33N3O2/c1-3-4-11-25-20-15(2)12-22(21-20)16-5-7-17(8-6-16)23-18-9-10-19(23)14-24-13-18/h12,16-19H,3-11,13-14H2,1-2H3/t16-,17-,18-,19+. The van der Waals surface area contributed by atoms with Gasteiger partial charge in [0.05, 0.1) is 25.9 Å². The molecule has 2 aliphatic heterocycles. The van der Waals surface area contributed by atoms with Crippen LogP contribution in [0.1, 0.15) is 69.9 Å². The number of nitrogens with zero attached hydrogens (tertiary/aromatic N) is 3. The molecule has 140 valence electrons. The van der Waals surface area contributed by atoms with Crippen LogP contribution in [-0.4, -0.2) is 52.6 Å². The van der Waals surface area contributed by atoms with Gasteiger partial charge in [-0.05, 0) is 51.9 Å². The molecule has 4 rings (SSSR count).